The molecule has 2 aromatic rings. The molecule has 1 atom stereocenters. The van der Waals surface area contributed by atoms with E-state index in [2.05, 4.69) is 0 Å². The van der Waals surface area contributed by atoms with Crippen LogP contribution in [-0.4, -0.2) is 24.9 Å². The van der Waals surface area contributed by atoms with E-state index in [0.29, 0.717) is 11.4 Å². The summed E-state index contributed by atoms with van der Waals surface area (Å²) in [4.78, 5) is 13.7. The van der Waals surface area contributed by atoms with Crippen LogP contribution >= 0.6 is 11.6 Å². The molecule has 0 aromatic heterocycles. The number of benzene rings is 2. The lowest BCUT2D eigenvalue weighted by Gasteiger charge is -2.21. The third kappa shape index (κ3) is 3.40. The molecule has 0 radical (unpaired) electrons. The molecule has 0 fully saturated rings. The number of hydrogen-bond donors (Lipinski definition) is 0. The predicted molar refractivity (Wildman–Crippen MR) is 83.0 cm³/mol. The van der Waals surface area contributed by atoms with E-state index in [0.717, 1.165) is 11.1 Å². The van der Waals surface area contributed by atoms with E-state index >= 15 is 0 Å². The number of halogens is 1. The van der Waals surface area contributed by atoms with E-state index in [-0.39, 0.29) is 11.8 Å². The van der Waals surface area contributed by atoms with Crippen molar-refractivity contribution in [3.05, 3.63) is 70.7 Å². The molecule has 2 rings (SSSR count). The number of carbonyl (C=O) groups is 1. The molecule has 3 heteroatoms. The first kappa shape index (κ1) is 14.6. The molecule has 1 amide bonds. The quantitative estimate of drug-likeness (QED) is 0.834. The monoisotopic (exact) mass is 287 g/mol. The highest BCUT2D eigenvalue weighted by molar-refractivity contribution is 6.31. The maximum atomic E-state index is 12.1. The van der Waals surface area contributed by atoms with E-state index in [1.807, 2.05) is 54.6 Å². The van der Waals surface area contributed by atoms with Gasteiger partial charge in [-0.3, -0.25) is 4.79 Å². The second-order valence-corrected chi connectivity index (χ2v) is 5.38. The van der Waals surface area contributed by atoms with Crippen LogP contribution in [0.15, 0.2) is 54.6 Å². The van der Waals surface area contributed by atoms with Crippen LogP contribution in [0.25, 0.3) is 0 Å². The van der Waals surface area contributed by atoms with E-state index in [9.17, 15) is 4.79 Å². The normalized spacial score (nSPS) is 11.9. The van der Waals surface area contributed by atoms with Gasteiger partial charge in [-0.15, -0.1) is 0 Å². The maximum Gasteiger partial charge on any atom is 0.223 e. The van der Waals surface area contributed by atoms with Crippen molar-refractivity contribution in [2.24, 2.45) is 0 Å². The molecule has 0 unspecified atom stereocenters. The summed E-state index contributed by atoms with van der Waals surface area (Å²) in [6, 6.07) is 17.7. The van der Waals surface area contributed by atoms with E-state index in [4.69, 9.17) is 11.6 Å². The summed E-state index contributed by atoms with van der Waals surface area (Å²) in [6.07, 6.45) is 0.417. The van der Waals surface area contributed by atoms with Crippen LogP contribution in [-0.2, 0) is 4.79 Å². The molecule has 0 N–H and O–H groups in total. The van der Waals surface area contributed by atoms with Crippen molar-refractivity contribution in [2.75, 3.05) is 14.1 Å². The Kier molecular flexibility index (Phi) is 4.80. The SMILES string of the molecule is CN(C)C(=O)C[C@H](c1ccccc1)c1ccccc1Cl. The Morgan fingerprint density at radius 2 is 1.65 bits per heavy atom. The molecule has 20 heavy (non-hydrogen) atoms. The van der Waals surface area contributed by atoms with Crippen molar-refractivity contribution < 1.29 is 4.79 Å². The molecule has 0 bridgehead atoms. The first-order valence-electron chi connectivity index (χ1n) is 6.59. The van der Waals surface area contributed by atoms with Gasteiger partial charge in [-0.2, -0.15) is 0 Å². The van der Waals surface area contributed by atoms with Crippen molar-refractivity contribution in [1.82, 2.24) is 4.90 Å². The van der Waals surface area contributed by atoms with Gasteiger partial charge in [0.15, 0.2) is 0 Å². The predicted octanol–water partition coefficient (Wildman–Crippen LogP) is 3.95. The Morgan fingerprint density at radius 3 is 2.25 bits per heavy atom. The van der Waals surface area contributed by atoms with Crippen LogP contribution in [0, 0.1) is 0 Å². The third-order valence-electron chi connectivity index (χ3n) is 3.36. The van der Waals surface area contributed by atoms with Crippen LogP contribution in [0.5, 0.6) is 0 Å². The summed E-state index contributed by atoms with van der Waals surface area (Å²) in [5, 5.41) is 0.702. The van der Waals surface area contributed by atoms with Gasteiger partial charge in [0.2, 0.25) is 5.91 Å². The topological polar surface area (TPSA) is 20.3 Å². The Morgan fingerprint density at radius 1 is 1.05 bits per heavy atom. The van der Waals surface area contributed by atoms with Crippen molar-refractivity contribution in [2.45, 2.75) is 12.3 Å². The Hall–Kier alpha value is -1.80. The van der Waals surface area contributed by atoms with Gasteiger partial charge >= 0.3 is 0 Å². The Bertz CT molecular complexity index is 581. The standard InChI is InChI=1S/C17H18ClNO/c1-19(2)17(20)12-15(13-8-4-3-5-9-13)14-10-6-7-11-16(14)18/h3-11,15H,12H2,1-2H3/t15-/m1/s1. The number of amides is 1. The minimum atomic E-state index is -0.0141. The Labute approximate surface area is 125 Å². The molecule has 0 aliphatic carbocycles. The molecule has 0 aliphatic heterocycles. The van der Waals surface area contributed by atoms with Crippen LogP contribution in [0.2, 0.25) is 5.02 Å². The lowest BCUT2D eigenvalue weighted by atomic mass is 9.88. The molecule has 0 heterocycles. The largest absolute Gasteiger partial charge is 0.349 e. The van der Waals surface area contributed by atoms with Gasteiger partial charge in [0, 0.05) is 31.5 Å². The Balaban J connectivity index is 2.40. The highest BCUT2D eigenvalue weighted by Crippen LogP contribution is 2.33. The summed E-state index contributed by atoms with van der Waals surface area (Å²) in [7, 11) is 3.55. The molecule has 0 aliphatic rings. The molecule has 0 spiro atoms. The molecular weight excluding hydrogens is 270 g/mol. The van der Waals surface area contributed by atoms with Gasteiger partial charge in [-0.1, -0.05) is 60.1 Å². The molecule has 2 nitrogen and oxygen atoms in total. The zero-order valence-corrected chi connectivity index (χ0v) is 12.5. The second kappa shape index (κ2) is 6.58. The minimum Gasteiger partial charge on any atom is -0.349 e. The summed E-state index contributed by atoms with van der Waals surface area (Å²) in [5.41, 5.74) is 2.10. The van der Waals surface area contributed by atoms with Gasteiger partial charge in [-0.25, -0.2) is 0 Å². The zero-order valence-electron chi connectivity index (χ0n) is 11.7. The summed E-state index contributed by atoms with van der Waals surface area (Å²) >= 11 is 6.31. The lowest BCUT2D eigenvalue weighted by molar-refractivity contribution is -0.128. The van der Waals surface area contributed by atoms with Crippen LogP contribution in [0.4, 0.5) is 0 Å². The summed E-state index contributed by atoms with van der Waals surface area (Å²) < 4.78 is 0. The van der Waals surface area contributed by atoms with Crippen molar-refractivity contribution in [3.63, 3.8) is 0 Å². The molecule has 0 saturated carbocycles. The first-order valence-corrected chi connectivity index (χ1v) is 6.97. The fourth-order valence-electron chi connectivity index (χ4n) is 2.21. The van der Waals surface area contributed by atoms with Crippen LogP contribution < -0.4 is 0 Å². The zero-order chi connectivity index (χ0) is 14.5. The van der Waals surface area contributed by atoms with E-state index < -0.39 is 0 Å². The highest BCUT2D eigenvalue weighted by Gasteiger charge is 2.21. The number of rotatable bonds is 4. The van der Waals surface area contributed by atoms with Crippen molar-refractivity contribution in [1.29, 1.82) is 0 Å². The van der Waals surface area contributed by atoms with Crippen LogP contribution in [0.3, 0.4) is 0 Å². The average Bonchev–Trinajstić information content (AvgIpc) is 2.46. The highest BCUT2D eigenvalue weighted by atomic mass is 35.5. The average molecular weight is 288 g/mol. The lowest BCUT2D eigenvalue weighted by Crippen LogP contribution is -2.24. The molecule has 104 valence electrons. The smallest absolute Gasteiger partial charge is 0.223 e. The van der Waals surface area contributed by atoms with Gasteiger partial charge in [0.05, 0.1) is 0 Å². The van der Waals surface area contributed by atoms with Crippen LogP contribution in [0.1, 0.15) is 23.5 Å². The third-order valence-corrected chi connectivity index (χ3v) is 3.70. The maximum absolute atomic E-state index is 12.1. The number of hydrogen-bond acceptors (Lipinski definition) is 1. The van der Waals surface area contributed by atoms with E-state index in [1.54, 1.807) is 19.0 Å². The van der Waals surface area contributed by atoms with Crippen molar-refractivity contribution >= 4 is 17.5 Å². The molecule has 2 aromatic carbocycles. The van der Waals surface area contributed by atoms with Gasteiger partial charge in [0.1, 0.15) is 0 Å². The second-order valence-electron chi connectivity index (χ2n) is 4.98. The van der Waals surface area contributed by atoms with Crippen molar-refractivity contribution in [3.8, 4) is 0 Å². The fourth-order valence-corrected chi connectivity index (χ4v) is 2.48. The van der Waals surface area contributed by atoms with Gasteiger partial charge in [-0.05, 0) is 17.2 Å². The summed E-state index contributed by atoms with van der Waals surface area (Å²) in [6.45, 7) is 0. The molecular formula is C17H18ClNO. The number of carbonyl (C=O) groups excluding carboxylic acids is 1. The fraction of sp³-hybridized carbons (Fsp3) is 0.235. The first-order chi connectivity index (χ1) is 9.59. The van der Waals surface area contributed by atoms with Gasteiger partial charge in [0.25, 0.3) is 0 Å². The minimum absolute atomic E-state index is 0.0141. The van der Waals surface area contributed by atoms with Gasteiger partial charge < -0.3 is 4.90 Å². The number of nitrogens with zero attached hydrogens (tertiary/aromatic N) is 1. The van der Waals surface area contributed by atoms with E-state index in [1.165, 1.54) is 0 Å². The molecule has 0 saturated heterocycles. The summed E-state index contributed by atoms with van der Waals surface area (Å²) in [5.74, 6) is 0.0820.